The second-order valence-electron chi connectivity index (χ2n) is 1.73. The Hall–Kier alpha value is -1.14. The van der Waals surface area contributed by atoms with E-state index in [0.717, 1.165) is 0 Å². The molecule has 0 spiro atoms. The van der Waals surface area contributed by atoms with E-state index in [4.69, 9.17) is 5.21 Å². The molecule has 0 saturated carbocycles. The highest BCUT2D eigenvalue weighted by atomic mass is 19.2. The lowest BCUT2D eigenvalue weighted by molar-refractivity contribution is 0.271. The standard InChI is InChI=1S/C4H7BF2N2O2/c1-3(8-10)4(2)9-11-5(6)7/h10H,1-2H3. The van der Waals surface area contributed by atoms with Gasteiger partial charge >= 0.3 is 7.47 Å². The average Bonchev–Trinajstić information content (AvgIpc) is 1.98. The van der Waals surface area contributed by atoms with Crippen LogP contribution in [0.5, 0.6) is 0 Å². The molecule has 0 atom stereocenters. The third kappa shape index (κ3) is 4.29. The number of rotatable bonds is 3. The van der Waals surface area contributed by atoms with Crippen molar-refractivity contribution in [3.05, 3.63) is 0 Å². The largest absolute Gasteiger partial charge is 0.818 e. The Labute approximate surface area is 62.7 Å². The van der Waals surface area contributed by atoms with Crippen LogP contribution in [0.3, 0.4) is 0 Å². The molecular weight excluding hydrogens is 157 g/mol. The molecule has 1 N–H and O–H groups in total. The molecule has 11 heavy (non-hydrogen) atoms. The highest BCUT2D eigenvalue weighted by Gasteiger charge is 2.16. The maximum atomic E-state index is 11.3. The number of halogens is 2. The minimum Gasteiger partial charge on any atom is -0.411 e. The summed E-state index contributed by atoms with van der Waals surface area (Å²) in [5.74, 6) is 0. The van der Waals surface area contributed by atoms with Gasteiger partial charge in [0.2, 0.25) is 0 Å². The zero-order chi connectivity index (χ0) is 8.85. The molecule has 7 heteroatoms. The quantitative estimate of drug-likeness (QED) is 0.294. The Morgan fingerprint density at radius 2 is 1.91 bits per heavy atom. The Bertz CT molecular complexity index is 183. The molecule has 62 valence electrons. The molecule has 0 aliphatic rings. The first-order valence-electron chi connectivity index (χ1n) is 2.75. The van der Waals surface area contributed by atoms with Crippen LogP contribution in [0.2, 0.25) is 0 Å². The average molecular weight is 164 g/mol. The van der Waals surface area contributed by atoms with Crippen LogP contribution in [0.1, 0.15) is 13.8 Å². The molecular formula is C4H7BF2N2O2. The normalized spacial score (nSPS) is 13.1. The lowest BCUT2D eigenvalue weighted by Gasteiger charge is -1.95. The Balaban J connectivity index is 4.01. The molecule has 0 radical (unpaired) electrons. The van der Waals surface area contributed by atoms with Crippen molar-refractivity contribution in [2.45, 2.75) is 13.8 Å². The van der Waals surface area contributed by atoms with Gasteiger partial charge in [0, 0.05) is 0 Å². The zero-order valence-electron chi connectivity index (χ0n) is 6.08. The van der Waals surface area contributed by atoms with E-state index in [2.05, 4.69) is 15.1 Å². The van der Waals surface area contributed by atoms with E-state index in [0.29, 0.717) is 0 Å². The van der Waals surface area contributed by atoms with E-state index in [1.54, 1.807) is 0 Å². The summed E-state index contributed by atoms with van der Waals surface area (Å²) in [6, 6.07) is 0. The zero-order valence-corrected chi connectivity index (χ0v) is 6.08. The fraction of sp³-hybridized carbons (Fsp3) is 0.500. The van der Waals surface area contributed by atoms with Crippen molar-refractivity contribution < 1.29 is 18.6 Å². The molecule has 0 amide bonds. The fourth-order valence-electron chi connectivity index (χ4n) is 0.257. The van der Waals surface area contributed by atoms with Crippen LogP contribution in [-0.4, -0.2) is 24.1 Å². The summed E-state index contributed by atoms with van der Waals surface area (Å²) in [5.41, 5.74) is 0.235. The molecule has 0 rings (SSSR count). The van der Waals surface area contributed by atoms with E-state index in [-0.39, 0.29) is 11.4 Å². The van der Waals surface area contributed by atoms with Gasteiger partial charge in [-0.2, -0.15) is 0 Å². The van der Waals surface area contributed by atoms with Gasteiger partial charge in [-0.15, -0.1) is 5.16 Å². The monoisotopic (exact) mass is 164 g/mol. The third-order valence-corrected chi connectivity index (χ3v) is 0.943. The van der Waals surface area contributed by atoms with Crippen molar-refractivity contribution in [3.63, 3.8) is 0 Å². The second-order valence-corrected chi connectivity index (χ2v) is 1.73. The van der Waals surface area contributed by atoms with Crippen LogP contribution in [0.25, 0.3) is 0 Å². The van der Waals surface area contributed by atoms with Crippen molar-refractivity contribution in [2.24, 2.45) is 10.3 Å². The van der Waals surface area contributed by atoms with E-state index in [9.17, 15) is 8.63 Å². The topological polar surface area (TPSA) is 54.2 Å². The Kier molecular flexibility index (Phi) is 4.17. The summed E-state index contributed by atoms with van der Waals surface area (Å²) in [4.78, 5) is 0. The SMILES string of the molecule is CC(=NO)C(C)=NOB(F)F. The maximum absolute atomic E-state index is 11.3. The highest BCUT2D eigenvalue weighted by molar-refractivity contribution is 6.41. The van der Waals surface area contributed by atoms with Crippen LogP contribution >= 0.6 is 0 Å². The molecule has 0 bridgehead atoms. The molecule has 0 aromatic heterocycles. The van der Waals surface area contributed by atoms with Crippen LogP contribution in [0.4, 0.5) is 8.63 Å². The summed E-state index contributed by atoms with van der Waals surface area (Å²) in [6.45, 7) is 2.80. The Morgan fingerprint density at radius 3 is 2.27 bits per heavy atom. The summed E-state index contributed by atoms with van der Waals surface area (Å²) >= 11 is 0. The van der Waals surface area contributed by atoms with Crippen molar-refractivity contribution in [3.8, 4) is 0 Å². The molecule has 0 fully saturated rings. The number of oxime groups is 2. The van der Waals surface area contributed by atoms with Gasteiger partial charge in [-0.25, -0.2) is 8.63 Å². The van der Waals surface area contributed by atoms with E-state index < -0.39 is 7.47 Å². The summed E-state index contributed by atoms with van der Waals surface area (Å²) in [5, 5.41) is 13.8. The van der Waals surface area contributed by atoms with Gasteiger partial charge in [0.05, 0.1) is 5.71 Å². The van der Waals surface area contributed by atoms with E-state index >= 15 is 0 Å². The molecule has 0 saturated heterocycles. The Morgan fingerprint density at radius 1 is 1.36 bits per heavy atom. The first kappa shape index (κ1) is 9.86. The van der Waals surface area contributed by atoms with Gasteiger partial charge in [0.1, 0.15) is 5.71 Å². The summed E-state index contributed by atoms with van der Waals surface area (Å²) in [6.07, 6.45) is 0. The van der Waals surface area contributed by atoms with Crippen molar-refractivity contribution in [1.82, 2.24) is 0 Å². The van der Waals surface area contributed by atoms with Crippen LogP contribution < -0.4 is 0 Å². The van der Waals surface area contributed by atoms with Crippen molar-refractivity contribution in [1.29, 1.82) is 0 Å². The van der Waals surface area contributed by atoms with Crippen LogP contribution in [-0.2, 0) is 4.76 Å². The first-order valence-corrected chi connectivity index (χ1v) is 2.75. The number of nitrogens with zero attached hydrogens (tertiary/aromatic N) is 2. The first-order chi connectivity index (χ1) is 5.07. The highest BCUT2D eigenvalue weighted by Crippen LogP contribution is 1.91. The van der Waals surface area contributed by atoms with Gasteiger partial charge in [-0.05, 0) is 13.8 Å². The minimum absolute atomic E-state index is 0.104. The summed E-state index contributed by atoms with van der Waals surface area (Å²) in [7, 11) is -2.95. The van der Waals surface area contributed by atoms with E-state index in [1.165, 1.54) is 13.8 Å². The molecule has 0 aromatic rings. The smallest absolute Gasteiger partial charge is 0.411 e. The predicted octanol–water partition coefficient (Wildman–Crippen LogP) is 1.15. The van der Waals surface area contributed by atoms with Crippen LogP contribution in [0, 0.1) is 0 Å². The molecule has 0 aliphatic carbocycles. The van der Waals surface area contributed by atoms with Gasteiger partial charge < -0.3 is 9.96 Å². The lowest BCUT2D eigenvalue weighted by Crippen LogP contribution is -2.09. The summed E-state index contributed by atoms with van der Waals surface area (Å²) < 4.78 is 26.3. The second kappa shape index (κ2) is 4.65. The molecule has 4 nitrogen and oxygen atoms in total. The van der Waals surface area contributed by atoms with Crippen LogP contribution in [0.15, 0.2) is 10.3 Å². The predicted molar refractivity (Wildman–Crippen MR) is 37.1 cm³/mol. The number of hydrogen-bond donors (Lipinski definition) is 1. The van der Waals surface area contributed by atoms with Crippen molar-refractivity contribution >= 4 is 18.9 Å². The fourth-order valence-corrected chi connectivity index (χ4v) is 0.257. The van der Waals surface area contributed by atoms with Gasteiger partial charge in [-0.3, -0.25) is 0 Å². The minimum atomic E-state index is -2.95. The number of hydrogen-bond acceptors (Lipinski definition) is 4. The molecule has 0 heterocycles. The van der Waals surface area contributed by atoms with Crippen molar-refractivity contribution in [2.75, 3.05) is 0 Å². The molecule has 0 aliphatic heterocycles. The third-order valence-electron chi connectivity index (χ3n) is 0.943. The lowest BCUT2D eigenvalue weighted by atomic mass is 10.3. The maximum Gasteiger partial charge on any atom is 0.818 e. The molecule has 0 unspecified atom stereocenters. The van der Waals surface area contributed by atoms with Gasteiger partial charge in [0.15, 0.2) is 0 Å². The molecule has 0 aromatic carbocycles. The van der Waals surface area contributed by atoms with E-state index in [1.807, 2.05) is 0 Å². The van der Waals surface area contributed by atoms with Gasteiger partial charge in [-0.1, -0.05) is 5.16 Å². The van der Waals surface area contributed by atoms with Gasteiger partial charge in [0.25, 0.3) is 0 Å².